The highest BCUT2D eigenvalue weighted by Gasteiger charge is 2.18. The minimum Gasteiger partial charge on any atom is -0.374 e. The fourth-order valence-electron chi connectivity index (χ4n) is 1.84. The van der Waals surface area contributed by atoms with Gasteiger partial charge in [0.15, 0.2) is 10.1 Å². The van der Waals surface area contributed by atoms with Crippen LogP contribution in [0.3, 0.4) is 0 Å². The molecular formula is C10H14N6S2. The Hall–Kier alpha value is -1.25. The third-order valence-electron chi connectivity index (χ3n) is 2.92. The molecule has 0 amide bonds. The molecule has 96 valence electrons. The molecule has 18 heavy (non-hydrogen) atoms. The number of nitrogens with zero attached hydrogens (tertiary/aromatic N) is 5. The molecular weight excluding hydrogens is 268 g/mol. The summed E-state index contributed by atoms with van der Waals surface area (Å²) in [4.78, 5) is 10.2. The first-order valence-corrected chi connectivity index (χ1v) is 7.34. The molecule has 1 saturated heterocycles. The molecule has 0 atom stereocenters. The number of piperazine rings is 1. The largest absolute Gasteiger partial charge is 0.374 e. The molecule has 1 aliphatic heterocycles. The van der Waals surface area contributed by atoms with E-state index in [1.165, 1.54) is 11.3 Å². The molecule has 2 aromatic rings. The minimum absolute atomic E-state index is 0.500. The van der Waals surface area contributed by atoms with Gasteiger partial charge in [0.25, 0.3) is 0 Å². The summed E-state index contributed by atoms with van der Waals surface area (Å²) in [7, 11) is 2.15. The van der Waals surface area contributed by atoms with Crippen molar-refractivity contribution in [1.82, 2.24) is 20.1 Å². The van der Waals surface area contributed by atoms with E-state index in [2.05, 4.69) is 32.0 Å². The molecule has 3 heterocycles. The third-order valence-corrected chi connectivity index (χ3v) is 4.90. The summed E-state index contributed by atoms with van der Waals surface area (Å²) < 4.78 is 0. The van der Waals surface area contributed by atoms with Crippen molar-refractivity contribution in [3.05, 3.63) is 6.20 Å². The Morgan fingerprint density at radius 1 is 1.17 bits per heavy atom. The van der Waals surface area contributed by atoms with E-state index >= 15 is 0 Å². The van der Waals surface area contributed by atoms with Crippen LogP contribution in [0, 0.1) is 0 Å². The van der Waals surface area contributed by atoms with Gasteiger partial charge in [-0.2, -0.15) is 0 Å². The van der Waals surface area contributed by atoms with E-state index in [4.69, 9.17) is 5.73 Å². The average Bonchev–Trinajstić information content (AvgIpc) is 2.98. The summed E-state index contributed by atoms with van der Waals surface area (Å²) in [5.74, 6) is 0. The molecule has 0 radical (unpaired) electrons. The van der Waals surface area contributed by atoms with Crippen LogP contribution < -0.4 is 10.6 Å². The number of rotatable bonds is 2. The topological polar surface area (TPSA) is 71.2 Å². The molecule has 0 spiro atoms. The predicted molar refractivity (Wildman–Crippen MR) is 75.1 cm³/mol. The molecule has 2 aromatic heterocycles. The van der Waals surface area contributed by atoms with Gasteiger partial charge in [-0.3, -0.25) is 0 Å². The van der Waals surface area contributed by atoms with Gasteiger partial charge in [-0.1, -0.05) is 22.7 Å². The second-order valence-electron chi connectivity index (χ2n) is 4.24. The van der Waals surface area contributed by atoms with Crippen LogP contribution >= 0.6 is 22.7 Å². The number of thiazole rings is 1. The Kier molecular flexibility index (Phi) is 3.14. The lowest BCUT2D eigenvalue weighted by molar-refractivity contribution is 0.313. The fourth-order valence-corrected chi connectivity index (χ4v) is 3.45. The van der Waals surface area contributed by atoms with Gasteiger partial charge in [-0.15, -0.1) is 10.2 Å². The van der Waals surface area contributed by atoms with Gasteiger partial charge in [0, 0.05) is 26.2 Å². The van der Waals surface area contributed by atoms with Crippen LogP contribution in [0.2, 0.25) is 0 Å². The predicted octanol–water partition coefficient (Wildman–Crippen LogP) is 0.996. The van der Waals surface area contributed by atoms with Crippen LogP contribution in [-0.2, 0) is 0 Å². The first-order valence-electron chi connectivity index (χ1n) is 5.71. The Morgan fingerprint density at radius 3 is 2.61 bits per heavy atom. The van der Waals surface area contributed by atoms with Crippen molar-refractivity contribution in [3.63, 3.8) is 0 Å². The average molecular weight is 282 g/mol. The third kappa shape index (κ3) is 2.31. The van der Waals surface area contributed by atoms with Crippen molar-refractivity contribution in [1.29, 1.82) is 0 Å². The molecule has 0 aliphatic carbocycles. The van der Waals surface area contributed by atoms with Crippen molar-refractivity contribution in [2.75, 3.05) is 43.9 Å². The van der Waals surface area contributed by atoms with Crippen molar-refractivity contribution in [2.24, 2.45) is 0 Å². The lowest BCUT2D eigenvalue weighted by Gasteiger charge is -2.32. The number of aromatic nitrogens is 3. The minimum atomic E-state index is 0.500. The second-order valence-corrected chi connectivity index (χ2v) is 6.26. The highest BCUT2D eigenvalue weighted by molar-refractivity contribution is 7.24. The van der Waals surface area contributed by atoms with Gasteiger partial charge in [0.2, 0.25) is 5.13 Å². The molecule has 6 nitrogen and oxygen atoms in total. The number of nitrogens with two attached hydrogens (primary N) is 1. The van der Waals surface area contributed by atoms with E-state index in [0.717, 1.165) is 41.2 Å². The van der Waals surface area contributed by atoms with Gasteiger partial charge in [-0.25, -0.2) is 4.98 Å². The van der Waals surface area contributed by atoms with E-state index in [-0.39, 0.29) is 0 Å². The Bertz CT molecular complexity index is 528. The molecule has 0 aromatic carbocycles. The maximum atomic E-state index is 5.59. The SMILES string of the molecule is CN1CCN(c2ncc(-c3nnc(N)s3)s2)CC1. The normalized spacial score (nSPS) is 17.3. The fraction of sp³-hybridized carbons (Fsp3) is 0.500. The molecule has 1 aliphatic rings. The van der Waals surface area contributed by atoms with Crippen molar-refractivity contribution < 1.29 is 0 Å². The first-order chi connectivity index (χ1) is 8.72. The number of hydrogen-bond donors (Lipinski definition) is 1. The van der Waals surface area contributed by atoms with Gasteiger partial charge in [0.05, 0.1) is 11.1 Å². The lowest BCUT2D eigenvalue weighted by Crippen LogP contribution is -2.44. The van der Waals surface area contributed by atoms with E-state index in [1.54, 1.807) is 11.3 Å². The van der Waals surface area contributed by atoms with Crippen LogP contribution in [0.15, 0.2) is 6.20 Å². The maximum absolute atomic E-state index is 5.59. The number of anilines is 2. The molecule has 0 unspecified atom stereocenters. The Morgan fingerprint density at radius 2 is 1.94 bits per heavy atom. The van der Waals surface area contributed by atoms with Gasteiger partial charge >= 0.3 is 0 Å². The Labute approximate surface area is 113 Å². The summed E-state index contributed by atoms with van der Waals surface area (Å²) in [6.45, 7) is 4.23. The summed E-state index contributed by atoms with van der Waals surface area (Å²) >= 11 is 3.06. The molecule has 0 bridgehead atoms. The highest BCUT2D eigenvalue weighted by Crippen LogP contribution is 2.33. The number of hydrogen-bond acceptors (Lipinski definition) is 8. The van der Waals surface area contributed by atoms with Gasteiger partial charge in [-0.05, 0) is 7.05 Å². The van der Waals surface area contributed by atoms with Crippen molar-refractivity contribution >= 4 is 32.9 Å². The van der Waals surface area contributed by atoms with Gasteiger partial charge in [0.1, 0.15) is 0 Å². The van der Waals surface area contributed by atoms with E-state index in [0.29, 0.717) is 5.13 Å². The van der Waals surface area contributed by atoms with Crippen molar-refractivity contribution in [3.8, 4) is 9.88 Å². The van der Waals surface area contributed by atoms with Crippen LogP contribution in [0.1, 0.15) is 0 Å². The highest BCUT2D eigenvalue weighted by atomic mass is 32.1. The quantitative estimate of drug-likeness (QED) is 0.886. The van der Waals surface area contributed by atoms with E-state index in [1.807, 2.05) is 6.20 Å². The number of nitrogen functional groups attached to an aromatic ring is 1. The lowest BCUT2D eigenvalue weighted by atomic mass is 10.3. The molecule has 8 heteroatoms. The van der Waals surface area contributed by atoms with Gasteiger partial charge < -0.3 is 15.5 Å². The zero-order valence-electron chi connectivity index (χ0n) is 10.0. The van der Waals surface area contributed by atoms with Crippen LogP contribution in [0.25, 0.3) is 9.88 Å². The molecule has 0 saturated carbocycles. The first kappa shape index (κ1) is 11.8. The standard InChI is InChI=1S/C10H14N6S2/c1-15-2-4-16(5-3-15)10-12-6-7(17-10)8-13-14-9(11)18-8/h6H,2-5H2,1H3,(H2,11,14). The molecule has 3 rings (SSSR count). The van der Waals surface area contributed by atoms with Crippen LogP contribution in [0.4, 0.5) is 10.3 Å². The number of likely N-dealkylation sites (N-methyl/N-ethyl adjacent to an activating group) is 1. The van der Waals surface area contributed by atoms with Crippen LogP contribution in [-0.4, -0.2) is 53.3 Å². The zero-order chi connectivity index (χ0) is 12.5. The smallest absolute Gasteiger partial charge is 0.203 e. The van der Waals surface area contributed by atoms with Crippen molar-refractivity contribution in [2.45, 2.75) is 0 Å². The van der Waals surface area contributed by atoms with Crippen LogP contribution in [0.5, 0.6) is 0 Å². The maximum Gasteiger partial charge on any atom is 0.203 e. The summed E-state index contributed by atoms with van der Waals surface area (Å²) in [6.07, 6.45) is 1.86. The summed E-state index contributed by atoms with van der Waals surface area (Å²) in [5, 5.41) is 10.3. The monoisotopic (exact) mass is 282 g/mol. The van der Waals surface area contributed by atoms with E-state index < -0.39 is 0 Å². The summed E-state index contributed by atoms with van der Waals surface area (Å²) in [5.41, 5.74) is 5.59. The van der Waals surface area contributed by atoms with E-state index in [9.17, 15) is 0 Å². The molecule has 1 fully saturated rings. The zero-order valence-corrected chi connectivity index (χ0v) is 11.7. The summed E-state index contributed by atoms with van der Waals surface area (Å²) in [6, 6.07) is 0. The second kappa shape index (κ2) is 4.79. The molecule has 2 N–H and O–H groups in total. The Balaban J connectivity index is 1.77.